The summed E-state index contributed by atoms with van der Waals surface area (Å²) in [6.45, 7) is 0.427. The third kappa shape index (κ3) is 2.58. The highest BCUT2D eigenvalue weighted by Crippen LogP contribution is 2.41. The van der Waals surface area contributed by atoms with E-state index in [9.17, 15) is 14.7 Å². The first kappa shape index (κ1) is 14.9. The van der Waals surface area contributed by atoms with Crippen molar-refractivity contribution in [1.82, 2.24) is 0 Å². The molecule has 5 heteroatoms. The number of ether oxygens (including phenoxy) is 1. The summed E-state index contributed by atoms with van der Waals surface area (Å²) in [7, 11) is 1.62. The van der Waals surface area contributed by atoms with Crippen LogP contribution in [0.4, 0.5) is 0 Å². The number of hydrogen-bond acceptors (Lipinski definition) is 4. The van der Waals surface area contributed by atoms with Crippen LogP contribution in [0, 0.1) is 0 Å². The Bertz CT molecular complexity index is 745. The topological polar surface area (TPSA) is 63.6 Å². The molecule has 4 nitrogen and oxygen atoms in total. The van der Waals surface area contributed by atoms with E-state index in [0.29, 0.717) is 31.4 Å². The molecule has 0 unspecified atom stereocenters. The van der Waals surface area contributed by atoms with Gasteiger partial charge in [-0.05, 0) is 23.1 Å². The number of benzene rings is 1. The molecule has 0 bridgehead atoms. The molecule has 0 radical (unpaired) electrons. The van der Waals surface area contributed by atoms with Crippen LogP contribution in [0.3, 0.4) is 0 Å². The first-order valence-corrected chi connectivity index (χ1v) is 7.90. The largest absolute Gasteiger partial charge is 0.478 e. The van der Waals surface area contributed by atoms with Gasteiger partial charge in [0.05, 0.1) is 12.2 Å². The molecule has 0 saturated carbocycles. The summed E-state index contributed by atoms with van der Waals surface area (Å²) >= 11 is 1.43. The van der Waals surface area contributed by atoms with E-state index >= 15 is 0 Å². The smallest absolute Gasteiger partial charge is 0.337 e. The van der Waals surface area contributed by atoms with Crippen LogP contribution in [0.5, 0.6) is 0 Å². The molecule has 1 N–H and O–H groups in total. The second kappa shape index (κ2) is 6.02. The van der Waals surface area contributed by atoms with Gasteiger partial charge < -0.3 is 9.84 Å². The first-order valence-electron chi connectivity index (χ1n) is 7.08. The maximum absolute atomic E-state index is 11.8. The van der Waals surface area contributed by atoms with Crippen LogP contribution in [0.2, 0.25) is 0 Å². The fourth-order valence-electron chi connectivity index (χ4n) is 2.89. The van der Waals surface area contributed by atoms with E-state index in [-0.39, 0.29) is 5.78 Å². The standard InChI is InChI=1S/C17H16O4S/c1-21-9-10-4-2-3-5-12(10)16-15(17(19)20)13-7-6-11(18)8-14(13)22-16/h2-5H,6-9H2,1H3,(H,19,20). The van der Waals surface area contributed by atoms with Crippen molar-refractivity contribution in [2.45, 2.75) is 25.9 Å². The van der Waals surface area contributed by atoms with Gasteiger partial charge in [-0.25, -0.2) is 4.79 Å². The zero-order valence-electron chi connectivity index (χ0n) is 12.2. The Morgan fingerprint density at radius 2 is 2.09 bits per heavy atom. The van der Waals surface area contributed by atoms with E-state index in [1.165, 1.54) is 11.3 Å². The number of carbonyl (C=O) groups is 2. The number of carboxylic acid groups (broad SMARTS) is 1. The molecule has 0 aliphatic heterocycles. The van der Waals surface area contributed by atoms with Gasteiger partial charge in [-0.2, -0.15) is 0 Å². The quantitative estimate of drug-likeness (QED) is 0.940. The number of hydrogen-bond donors (Lipinski definition) is 1. The Morgan fingerprint density at radius 3 is 2.82 bits per heavy atom. The summed E-state index contributed by atoms with van der Waals surface area (Å²) < 4.78 is 5.21. The molecular weight excluding hydrogens is 300 g/mol. The molecule has 1 aliphatic rings. The molecule has 0 spiro atoms. The van der Waals surface area contributed by atoms with Gasteiger partial charge in [0.1, 0.15) is 5.78 Å². The van der Waals surface area contributed by atoms with Crippen LogP contribution in [-0.4, -0.2) is 24.0 Å². The summed E-state index contributed by atoms with van der Waals surface area (Å²) in [5, 5.41) is 9.65. The number of Topliss-reactive ketones (excluding diaryl/α,β-unsaturated/α-hetero) is 1. The van der Waals surface area contributed by atoms with Crippen molar-refractivity contribution in [3.63, 3.8) is 0 Å². The van der Waals surface area contributed by atoms with Crippen molar-refractivity contribution < 1.29 is 19.4 Å². The average Bonchev–Trinajstić information content (AvgIpc) is 2.86. The van der Waals surface area contributed by atoms with Gasteiger partial charge in [0, 0.05) is 29.7 Å². The van der Waals surface area contributed by atoms with Gasteiger partial charge in [-0.15, -0.1) is 11.3 Å². The van der Waals surface area contributed by atoms with Crippen LogP contribution >= 0.6 is 11.3 Å². The Balaban J connectivity index is 2.19. The van der Waals surface area contributed by atoms with Crippen LogP contribution in [0.1, 0.15) is 32.8 Å². The number of methoxy groups -OCH3 is 1. The van der Waals surface area contributed by atoms with Gasteiger partial charge in [-0.3, -0.25) is 4.79 Å². The molecule has 1 aromatic carbocycles. The van der Waals surface area contributed by atoms with Gasteiger partial charge >= 0.3 is 5.97 Å². The fourth-order valence-corrected chi connectivity index (χ4v) is 4.32. The van der Waals surface area contributed by atoms with E-state index in [1.54, 1.807) is 7.11 Å². The van der Waals surface area contributed by atoms with Gasteiger partial charge in [0.15, 0.2) is 0 Å². The third-order valence-electron chi connectivity index (χ3n) is 3.88. The third-order valence-corrected chi connectivity index (χ3v) is 5.14. The van der Waals surface area contributed by atoms with Gasteiger partial charge in [0.2, 0.25) is 0 Å². The number of thiophene rings is 1. The second-order valence-corrected chi connectivity index (χ2v) is 6.42. The molecule has 22 heavy (non-hydrogen) atoms. The molecule has 1 aliphatic carbocycles. The number of carboxylic acids is 1. The lowest BCUT2D eigenvalue weighted by Gasteiger charge is -2.11. The Labute approximate surface area is 132 Å². The Hall–Kier alpha value is -1.98. The lowest BCUT2D eigenvalue weighted by Crippen LogP contribution is -2.13. The molecular formula is C17H16O4S. The minimum atomic E-state index is -0.922. The summed E-state index contributed by atoms with van der Waals surface area (Å²) in [6, 6.07) is 7.66. The molecule has 3 rings (SSSR count). The molecule has 0 atom stereocenters. The maximum Gasteiger partial charge on any atom is 0.337 e. The summed E-state index contributed by atoms with van der Waals surface area (Å²) in [6.07, 6.45) is 1.31. The van der Waals surface area contributed by atoms with E-state index in [0.717, 1.165) is 26.4 Å². The first-order chi connectivity index (χ1) is 10.6. The van der Waals surface area contributed by atoms with Crippen LogP contribution in [0.25, 0.3) is 10.4 Å². The maximum atomic E-state index is 11.8. The van der Waals surface area contributed by atoms with Crippen molar-refractivity contribution in [3.05, 3.63) is 45.8 Å². The minimum Gasteiger partial charge on any atom is -0.478 e. The van der Waals surface area contributed by atoms with E-state index in [2.05, 4.69) is 0 Å². The summed E-state index contributed by atoms with van der Waals surface area (Å²) in [4.78, 5) is 25.1. The Kier molecular flexibility index (Phi) is 4.09. The normalized spacial score (nSPS) is 14.0. The van der Waals surface area contributed by atoms with E-state index < -0.39 is 5.97 Å². The summed E-state index contributed by atoms with van der Waals surface area (Å²) in [5.41, 5.74) is 3.03. The fraction of sp³-hybridized carbons (Fsp3) is 0.294. The molecule has 1 aromatic heterocycles. The van der Waals surface area contributed by atoms with Gasteiger partial charge in [-0.1, -0.05) is 24.3 Å². The molecule has 0 fully saturated rings. The van der Waals surface area contributed by atoms with Crippen molar-refractivity contribution in [2.24, 2.45) is 0 Å². The predicted octanol–water partition coefficient (Wildman–Crippen LogP) is 3.32. The zero-order chi connectivity index (χ0) is 15.7. The lowest BCUT2D eigenvalue weighted by molar-refractivity contribution is -0.118. The SMILES string of the molecule is COCc1ccccc1-c1sc2c(c1C(=O)O)CCC(=O)C2. The number of rotatable bonds is 4. The van der Waals surface area contributed by atoms with E-state index in [4.69, 9.17) is 4.74 Å². The molecule has 0 saturated heterocycles. The van der Waals surface area contributed by atoms with Gasteiger partial charge in [0.25, 0.3) is 0 Å². The molecule has 1 heterocycles. The second-order valence-electron chi connectivity index (χ2n) is 5.32. The van der Waals surface area contributed by atoms with Crippen molar-refractivity contribution in [3.8, 4) is 10.4 Å². The highest BCUT2D eigenvalue weighted by molar-refractivity contribution is 7.16. The number of aromatic carboxylic acids is 1. The number of fused-ring (bicyclic) bond motifs is 1. The van der Waals surface area contributed by atoms with Crippen LogP contribution in [-0.2, 0) is 29.0 Å². The highest BCUT2D eigenvalue weighted by atomic mass is 32.1. The van der Waals surface area contributed by atoms with Crippen LogP contribution < -0.4 is 0 Å². The van der Waals surface area contributed by atoms with E-state index in [1.807, 2.05) is 24.3 Å². The monoisotopic (exact) mass is 316 g/mol. The molecule has 114 valence electrons. The zero-order valence-corrected chi connectivity index (χ0v) is 13.0. The van der Waals surface area contributed by atoms with Crippen molar-refractivity contribution >= 4 is 23.1 Å². The summed E-state index contributed by atoms with van der Waals surface area (Å²) in [5.74, 6) is -0.739. The molecule has 0 amide bonds. The molecule has 2 aromatic rings. The lowest BCUT2D eigenvalue weighted by atomic mass is 9.92. The highest BCUT2D eigenvalue weighted by Gasteiger charge is 2.28. The Morgan fingerprint density at radius 1 is 1.32 bits per heavy atom. The number of carbonyl (C=O) groups excluding carboxylic acids is 1. The predicted molar refractivity (Wildman–Crippen MR) is 84.5 cm³/mol. The van der Waals surface area contributed by atoms with Crippen molar-refractivity contribution in [1.29, 1.82) is 0 Å². The van der Waals surface area contributed by atoms with Crippen molar-refractivity contribution in [2.75, 3.05) is 7.11 Å². The van der Waals surface area contributed by atoms with Crippen LogP contribution in [0.15, 0.2) is 24.3 Å². The average molecular weight is 316 g/mol. The minimum absolute atomic E-state index is 0.183. The number of ketones is 1.